The van der Waals surface area contributed by atoms with Crippen LogP contribution in [0.4, 0.5) is 0 Å². The SMILES string of the molecule is Cc1nonc1CN(C)C(=O)Cn1c(C)nc2sc(C)c(C)c2c1=O. The topological polar surface area (TPSA) is 94.1 Å². The number of aromatic nitrogens is 4. The summed E-state index contributed by atoms with van der Waals surface area (Å²) in [5, 5.41) is 8.07. The van der Waals surface area contributed by atoms with Gasteiger partial charge in [0.05, 0.1) is 11.9 Å². The zero-order valence-corrected chi connectivity index (χ0v) is 15.6. The van der Waals surface area contributed by atoms with Gasteiger partial charge in [0.15, 0.2) is 0 Å². The number of rotatable bonds is 4. The van der Waals surface area contributed by atoms with E-state index in [4.69, 9.17) is 0 Å². The van der Waals surface area contributed by atoms with Gasteiger partial charge < -0.3 is 4.90 Å². The average Bonchev–Trinajstić information content (AvgIpc) is 3.07. The molecule has 0 bridgehead atoms. The molecule has 0 aromatic carbocycles. The lowest BCUT2D eigenvalue weighted by Gasteiger charge is -2.17. The van der Waals surface area contributed by atoms with Crippen LogP contribution in [0.2, 0.25) is 0 Å². The Hall–Kier alpha value is -2.55. The molecule has 1 amide bonds. The molecule has 0 aliphatic carbocycles. The minimum absolute atomic E-state index is 0.0667. The third-order valence-electron chi connectivity index (χ3n) is 4.33. The second-order valence-electron chi connectivity index (χ2n) is 6.06. The standard InChI is InChI=1S/C16H19N5O3S/c1-8-10(3)25-15-14(8)16(23)21(11(4)17-15)7-13(22)20(5)6-12-9(2)18-24-19-12/h6-7H2,1-5H3. The Balaban J connectivity index is 1.89. The highest BCUT2D eigenvalue weighted by Crippen LogP contribution is 2.26. The third kappa shape index (κ3) is 3.07. The van der Waals surface area contributed by atoms with Crippen LogP contribution in [-0.2, 0) is 17.9 Å². The number of fused-ring (bicyclic) bond motifs is 1. The van der Waals surface area contributed by atoms with Crippen molar-refractivity contribution in [1.29, 1.82) is 0 Å². The molecule has 3 aromatic heterocycles. The zero-order chi connectivity index (χ0) is 18.3. The molecule has 3 heterocycles. The van der Waals surface area contributed by atoms with E-state index in [0.29, 0.717) is 22.6 Å². The predicted octanol–water partition coefficient (Wildman–Crippen LogP) is 1.73. The smallest absolute Gasteiger partial charge is 0.263 e. The van der Waals surface area contributed by atoms with E-state index in [1.54, 1.807) is 20.9 Å². The number of hydrogen-bond acceptors (Lipinski definition) is 7. The van der Waals surface area contributed by atoms with E-state index in [0.717, 1.165) is 15.3 Å². The van der Waals surface area contributed by atoms with Crippen LogP contribution in [0.25, 0.3) is 10.2 Å². The maximum Gasteiger partial charge on any atom is 0.263 e. The normalized spacial score (nSPS) is 11.2. The quantitative estimate of drug-likeness (QED) is 0.702. The summed E-state index contributed by atoms with van der Waals surface area (Å²) in [6, 6.07) is 0. The molecular weight excluding hydrogens is 342 g/mol. The Kier molecular flexibility index (Phi) is 4.42. The van der Waals surface area contributed by atoms with Crippen LogP contribution in [0.1, 0.15) is 27.7 Å². The minimum atomic E-state index is -0.210. The van der Waals surface area contributed by atoms with Crippen molar-refractivity contribution in [3.8, 4) is 0 Å². The van der Waals surface area contributed by atoms with Gasteiger partial charge in [-0.05, 0) is 33.3 Å². The highest BCUT2D eigenvalue weighted by molar-refractivity contribution is 7.18. The van der Waals surface area contributed by atoms with Crippen LogP contribution >= 0.6 is 11.3 Å². The molecule has 3 aromatic rings. The fraction of sp³-hybridized carbons (Fsp3) is 0.438. The number of hydrogen-bond donors (Lipinski definition) is 0. The maximum atomic E-state index is 12.8. The van der Waals surface area contributed by atoms with Crippen LogP contribution in [0, 0.1) is 27.7 Å². The van der Waals surface area contributed by atoms with Gasteiger partial charge in [-0.25, -0.2) is 9.61 Å². The Bertz CT molecular complexity index is 1020. The summed E-state index contributed by atoms with van der Waals surface area (Å²) in [5.41, 5.74) is 1.99. The van der Waals surface area contributed by atoms with Crippen molar-refractivity contribution in [2.75, 3.05) is 7.05 Å². The first-order chi connectivity index (χ1) is 11.8. The van der Waals surface area contributed by atoms with E-state index in [9.17, 15) is 9.59 Å². The van der Waals surface area contributed by atoms with Gasteiger partial charge in [0.25, 0.3) is 5.56 Å². The fourth-order valence-electron chi connectivity index (χ4n) is 2.58. The molecule has 0 radical (unpaired) electrons. The van der Waals surface area contributed by atoms with Crippen LogP contribution in [0.5, 0.6) is 0 Å². The number of amides is 1. The van der Waals surface area contributed by atoms with E-state index in [1.165, 1.54) is 20.8 Å². The lowest BCUT2D eigenvalue weighted by atomic mass is 10.2. The van der Waals surface area contributed by atoms with Crippen molar-refractivity contribution < 1.29 is 9.42 Å². The first-order valence-electron chi connectivity index (χ1n) is 7.78. The first-order valence-corrected chi connectivity index (χ1v) is 8.60. The first kappa shape index (κ1) is 17.3. The molecule has 0 N–H and O–H groups in total. The highest BCUT2D eigenvalue weighted by atomic mass is 32.1. The second-order valence-corrected chi connectivity index (χ2v) is 7.26. The van der Waals surface area contributed by atoms with Gasteiger partial charge in [0, 0.05) is 11.9 Å². The van der Waals surface area contributed by atoms with Crippen LogP contribution in [0.3, 0.4) is 0 Å². The average molecular weight is 361 g/mol. The highest BCUT2D eigenvalue weighted by Gasteiger charge is 2.19. The summed E-state index contributed by atoms with van der Waals surface area (Å²) in [7, 11) is 1.66. The van der Waals surface area contributed by atoms with Gasteiger partial charge in [0.1, 0.15) is 28.6 Å². The monoisotopic (exact) mass is 361 g/mol. The van der Waals surface area contributed by atoms with Crippen molar-refractivity contribution in [1.82, 2.24) is 24.8 Å². The molecule has 0 aliphatic rings. The van der Waals surface area contributed by atoms with Gasteiger partial charge in [0.2, 0.25) is 5.91 Å². The van der Waals surface area contributed by atoms with Gasteiger partial charge in [-0.15, -0.1) is 11.3 Å². The van der Waals surface area contributed by atoms with Gasteiger partial charge in [-0.2, -0.15) is 0 Å². The summed E-state index contributed by atoms with van der Waals surface area (Å²) in [5.74, 6) is 0.318. The van der Waals surface area contributed by atoms with Gasteiger partial charge in [-0.3, -0.25) is 14.2 Å². The summed E-state index contributed by atoms with van der Waals surface area (Å²) >= 11 is 1.50. The fourth-order valence-corrected chi connectivity index (χ4v) is 3.64. The Labute approximate surface area is 148 Å². The number of carbonyl (C=O) groups is 1. The minimum Gasteiger partial charge on any atom is -0.338 e. The van der Waals surface area contributed by atoms with Crippen LogP contribution in [-0.4, -0.2) is 37.7 Å². The van der Waals surface area contributed by atoms with Crippen molar-refractivity contribution in [2.45, 2.75) is 40.8 Å². The molecule has 8 nitrogen and oxygen atoms in total. The second kappa shape index (κ2) is 6.40. The number of nitrogens with zero attached hydrogens (tertiary/aromatic N) is 5. The van der Waals surface area contributed by atoms with Gasteiger partial charge in [-0.1, -0.05) is 10.3 Å². The zero-order valence-electron chi connectivity index (χ0n) is 14.8. The Morgan fingerprint density at radius 1 is 1.24 bits per heavy atom. The van der Waals surface area contributed by atoms with Gasteiger partial charge >= 0.3 is 0 Å². The van der Waals surface area contributed by atoms with E-state index in [-0.39, 0.29) is 24.6 Å². The molecule has 0 unspecified atom stereocenters. The largest absolute Gasteiger partial charge is 0.338 e. The van der Waals surface area contributed by atoms with Crippen molar-refractivity contribution in [3.05, 3.63) is 38.0 Å². The van der Waals surface area contributed by atoms with E-state index < -0.39 is 0 Å². The van der Waals surface area contributed by atoms with Crippen molar-refractivity contribution in [3.63, 3.8) is 0 Å². The molecule has 0 saturated heterocycles. The summed E-state index contributed by atoms with van der Waals surface area (Å²) in [4.78, 5) is 33.2. The third-order valence-corrected chi connectivity index (χ3v) is 5.43. The number of aryl methyl sites for hydroxylation is 4. The number of likely N-dealkylation sites (N-methyl/N-ethyl adjacent to an activating group) is 1. The summed E-state index contributed by atoms with van der Waals surface area (Å²) < 4.78 is 6.07. The Morgan fingerprint density at radius 3 is 2.60 bits per heavy atom. The molecule has 25 heavy (non-hydrogen) atoms. The molecule has 0 aliphatic heterocycles. The molecule has 9 heteroatoms. The lowest BCUT2D eigenvalue weighted by molar-refractivity contribution is -0.131. The van der Waals surface area contributed by atoms with E-state index >= 15 is 0 Å². The van der Waals surface area contributed by atoms with E-state index in [2.05, 4.69) is 19.9 Å². The van der Waals surface area contributed by atoms with Crippen molar-refractivity contribution >= 4 is 27.5 Å². The maximum absolute atomic E-state index is 12.8. The van der Waals surface area contributed by atoms with Crippen LogP contribution < -0.4 is 5.56 Å². The molecule has 0 saturated carbocycles. The molecular formula is C16H19N5O3S. The number of carbonyl (C=O) groups excluding carboxylic acids is 1. The lowest BCUT2D eigenvalue weighted by Crippen LogP contribution is -2.35. The van der Waals surface area contributed by atoms with Crippen molar-refractivity contribution in [2.24, 2.45) is 0 Å². The molecule has 0 spiro atoms. The molecule has 3 rings (SSSR count). The molecule has 132 valence electrons. The van der Waals surface area contributed by atoms with Crippen LogP contribution in [0.15, 0.2) is 9.42 Å². The number of thiophene rings is 1. The Morgan fingerprint density at radius 2 is 1.96 bits per heavy atom. The summed E-state index contributed by atoms with van der Waals surface area (Å²) in [6.07, 6.45) is 0. The molecule has 0 fully saturated rings. The summed E-state index contributed by atoms with van der Waals surface area (Å²) in [6.45, 7) is 7.58. The molecule has 0 atom stereocenters. The van der Waals surface area contributed by atoms with E-state index in [1.807, 2.05) is 13.8 Å². The predicted molar refractivity (Wildman–Crippen MR) is 93.6 cm³/mol.